The summed E-state index contributed by atoms with van der Waals surface area (Å²) in [5.41, 5.74) is 1.94. The van der Waals surface area contributed by atoms with Gasteiger partial charge in [0.05, 0.1) is 6.04 Å². The lowest BCUT2D eigenvalue weighted by molar-refractivity contribution is -0.145. The molecule has 0 aromatic heterocycles. The van der Waals surface area contributed by atoms with E-state index in [1.165, 1.54) is 0 Å². The third-order valence-corrected chi connectivity index (χ3v) is 4.99. The van der Waals surface area contributed by atoms with Gasteiger partial charge in [-0.15, -0.1) is 0 Å². The average Bonchev–Trinajstić information content (AvgIpc) is 2.68. The molecule has 2 amide bonds. The number of rotatable bonds is 2. The largest absolute Gasteiger partial charge is 0.485 e. The van der Waals surface area contributed by atoms with Crippen molar-refractivity contribution in [3.05, 3.63) is 54.1 Å². The Morgan fingerprint density at radius 3 is 2.52 bits per heavy atom. The third-order valence-electron chi connectivity index (χ3n) is 4.99. The van der Waals surface area contributed by atoms with Gasteiger partial charge in [-0.05, 0) is 37.6 Å². The molecule has 0 aliphatic carbocycles. The highest BCUT2D eigenvalue weighted by Crippen LogP contribution is 2.32. The monoisotopic (exact) mass is 366 g/mol. The second-order valence-electron chi connectivity index (χ2n) is 6.98. The zero-order valence-corrected chi connectivity index (χ0v) is 15.4. The molecule has 6 heteroatoms. The van der Waals surface area contributed by atoms with Crippen LogP contribution in [-0.2, 0) is 9.59 Å². The first-order valence-corrected chi connectivity index (χ1v) is 9.09. The smallest absolute Gasteiger partial charge is 0.267 e. The van der Waals surface area contributed by atoms with E-state index in [0.717, 1.165) is 11.3 Å². The van der Waals surface area contributed by atoms with Crippen molar-refractivity contribution in [2.24, 2.45) is 0 Å². The van der Waals surface area contributed by atoms with E-state index in [4.69, 9.17) is 9.47 Å². The molecule has 1 saturated heterocycles. The topological polar surface area (TPSA) is 59.1 Å². The van der Waals surface area contributed by atoms with Crippen molar-refractivity contribution in [1.29, 1.82) is 0 Å². The van der Waals surface area contributed by atoms with Crippen molar-refractivity contribution in [3.8, 4) is 11.5 Å². The number of fused-ring (bicyclic) bond motifs is 1. The Bertz CT molecular complexity index is 882. The summed E-state index contributed by atoms with van der Waals surface area (Å²) in [7, 11) is 0. The Kier molecular flexibility index (Phi) is 4.48. The standard InChI is InChI=1S/C21H22N2O4/c1-14-7-3-4-8-16(14)23-15(2)11-22(12-20(23)24)21(25)19-13-26-17-9-5-6-10-18(17)27-19/h3-10,15,19H,11-13H2,1-2H3. The predicted octanol–water partition coefficient (Wildman–Crippen LogP) is 2.40. The Balaban J connectivity index is 1.48. The highest BCUT2D eigenvalue weighted by molar-refractivity contribution is 5.99. The molecule has 0 radical (unpaired) electrons. The van der Waals surface area contributed by atoms with Gasteiger partial charge < -0.3 is 19.3 Å². The van der Waals surface area contributed by atoms with Crippen molar-refractivity contribution in [2.75, 3.05) is 24.6 Å². The number of piperazine rings is 1. The van der Waals surface area contributed by atoms with Crippen LogP contribution in [0.1, 0.15) is 12.5 Å². The lowest BCUT2D eigenvalue weighted by Gasteiger charge is -2.41. The maximum Gasteiger partial charge on any atom is 0.267 e. The zero-order valence-electron chi connectivity index (χ0n) is 15.4. The summed E-state index contributed by atoms with van der Waals surface area (Å²) in [6, 6.07) is 15.0. The van der Waals surface area contributed by atoms with Crippen LogP contribution in [0.5, 0.6) is 11.5 Å². The Hall–Kier alpha value is -3.02. The maximum absolute atomic E-state index is 12.9. The second kappa shape index (κ2) is 6.95. The van der Waals surface area contributed by atoms with Gasteiger partial charge in [0.2, 0.25) is 12.0 Å². The number of aryl methyl sites for hydroxylation is 1. The van der Waals surface area contributed by atoms with Crippen molar-refractivity contribution >= 4 is 17.5 Å². The summed E-state index contributed by atoms with van der Waals surface area (Å²) >= 11 is 0. The number of carbonyl (C=O) groups is 2. The quantitative estimate of drug-likeness (QED) is 0.819. The summed E-state index contributed by atoms with van der Waals surface area (Å²) in [5.74, 6) is 0.887. The van der Waals surface area contributed by atoms with E-state index in [1.807, 2.05) is 56.3 Å². The molecule has 2 atom stereocenters. The van der Waals surface area contributed by atoms with Crippen molar-refractivity contribution in [3.63, 3.8) is 0 Å². The molecular weight excluding hydrogens is 344 g/mol. The predicted molar refractivity (Wildman–Crippen MR) is 101 cm³/mol. The van der Waals surface area contributed by atoms with Crippen LogP contribution in [0.2, 0.25) is 0 Å². The number of ether oxygens (including phenoxy) is 2. The first kappa shape index (κ1) is 17.4. The van der Waals surface area contributed by atoms with Gasteiger partial charge in [-0.1, -0.05) is 30.3 Å². The Morgan fingerprint density at radius 1 is 1.07 bits per heavy atom. The highest BCUT2D eigenvalue weighted by atomic mass is 16.6. The number of nitrogens with zero attached hydrogens (tertiary/aromatic N) is 2. The van der Waals surface area contributed by atoms with Crippen LogP contribution in [0.15, 0.2) is 48.5 Å². The number of para-hydroxylation sites is 3. The number of amides is 2. The van der Waals surface area contributed by atoms with Gasteiger partial charge in [0.15, 0.2) is 11.5 Å². The molecule has 2 aliphatic rings. The van der Waals surface area contributed by atoms with Gasteiger partial charge in [0.1, 0.15) is 13.2 Å². The van der Waals surface area contributed by atoms with Crippen LogP contribution >= 0.6 is 0 Å². The minimum Gasteiger partial charge on any atom is -0.485 e. The van der Waals surface area contributed by atoms with Crippen LogP contribution < -0.4 is 14.4 Å². The fourth-order valence-electron chi connectivity index (χ4n) is 3.67. The lowest BCUT2D eigenvalue weighted by Crippen LogP contribution is -2.60. The normalized spacial score (nSPS) is 21.9. The number of anilines is 1. The maximum atomic E-state index is 12.9. The van der Waals surface area contributed by atoms with E-state index in [9.17, 15) is 9.59 Å². The van der Waals surface area contributed by atoms with Gasteiger partial charge in [-0.3, -0.25) is 9.59 Å². The molecule has 2 unspecified atom stereocenters. The molecule has 0 N–H and O–H groups in total. The molecule has 6 nitrogen and oxygen atoms in total. The van der Waals surface area contributed by atoms with Gasteiger partial charge in [-0.25, -0.2) is 0 Å². The number of hydrogen-bond donors (Lipinski definition) is 0. The van der Waals surface area contributed by atoms with Crippen LogP contribution in [-0.4, -0.2) is 48.6 Å². The molecule has 4 rings (SSSR count). The molecule has 140 valence electrons. The van der Waals surface area contributed by atoms with E-state index in [2.05, 4.69) is 0 Å². The van der Waals surface area contributed by atoms with Crippen LogP contribution in [0, 0.1) is 6.92 Å². The minimum absolute atomic E-state index is 0.0407. The summed E-state index contributed by atoms with van der Waals surface area (Å²) < 4.78 is 11.4. The van der Waals surface area contributed by atoms with Gasteiger partial charge in [0.25, 0.3) is 5.91 Å². The summed E-state index contributed by atoms with van der Waals surface area (Å²) in [6.45, 7) is 4.59. The molecule has 2 aromatic rings. The third kappa shape index (κ3) is 3.23. The zero-order chi connectivity index (χ0) is 19.0. The van der Waals surface area contributed by atoms with Crippen LogP contribution in [0.4, 0.5) is 5.69 Å². The summed E-state index contributed by atoms with van der Waals surface area (Å²) in [5, 5.41) is 0. The fraction of sp³-hybridized carbons (Fsp3) is 0.333. The molecule has 1 fully saturated rings. The molecule has 0 spiro atoms. The SMILES string of the molecule is Cc1ccccc1N1C(=O)CN(C(=O)C2COc3ccccc3O2)CC1C. The first-order valence-electron chi connectivity index (χ1n) is 9.09. The number of benzene rings is 2. The average molecular weight is 366 g/mol. The second-order valence-corrected chi connectivity index (χ2v) is 6.98. The van der Waals surface area contributed by atoms with Crippen LogP contribution in [0.3, 0.4) is 0 Å². The van der Waals surface area contributed by atoms with E-state index in [1.54, 1.807) is 15.9 Å². The van der Waals surface area contributed by atoms with Gasteiger partial charge in [-0.2, -0.15) is 0 Å². The van der Waals surface area contributed by atoms with E-state index in [0.29, 0.717) is 18.0 Å². The Morgan fingerprint density at radius 2 is 1.78 bits per heavy atom. The van der Waals surface area contributed by atoms with Crippen molar-refractivity contribution < 1.29 is 19.1 Å². The fourth-order valence-corrected chi connectivity index (χ4v) is 3.67. The van der Waals surface area contributed by atoms with Gasteiger partial charge >= 0.3 is 0 Å². The number of carbonyl (C=O) groups excluding carboxylic acids is 2. The van der Waals surface area contributed by atoms with Crippen molar-refractivity contribution in [2.45, 2.75) is 26.0 Å². The molecule has 2 aromatic carbocycles. The molecule has 2 aliphatic heterocycles. The van der Waals surface area contributed by atoms with E-state index >= 15 is 0 Å². The van der Waals surface area contributed by atoms with E-state index in [-0.39, 0.29) is 31.0 Å². The lowest BCUT2D eigenvalue weighted by atomic mass is 10.1. The van der Waals surface area contributed by atoms with Gasteiger partial charge in [0, 0.05) is 12.2 Å². The Labute approximate surface area is 158 Å². The molecule has 0 saturated carbocycles. The first-order chi connectivity index (χ1) is 13.0. The van der Waals surface area contributed by atoms with Crippen molar-refractivity contribution in [1.82, 2.24) is 4.90 Å². The van der Waals surface area contributed by atoms with E-state index < -0.39 is 6.10 Å². The molecule has 2 heterocycles. The number of hydrogen-bond acceptors (Lipinski definition) is 4. The molecular formula is C21H22N2O4. The summed E-state index contributed by atoms with van der Waals surface area (Å²) in [4.78, 5) is 29.1. The molecule has 0 bridgehead atoms. The minimum atomic E-state index is -0.732. The van der Waals surface area contributed by atoms with Crippen LogP contribution in [0.25, 0.3) is 0 Å². The summed E-state index contributed by atoms with van der Waals surface area (Å²) in [6.07, 6.45) is -0.732. The highest BCUT2D eigenvalue weighted by Gasteiger charge is 2.38. The molecule has 27 heavy (non-hydrogen) atoms.